The molecule has 14 heteroatoms. The zero-order chi connectivity index (χ0) is 24.8. The summed E-state index contributed by atoms with van der Waals surface area (Å²) in [5.41, 5.74) is 16.3. The van der Waals surface area contributed by atoms with Crippen molar-refractivity contribution in [1.82, 2.24) is 0 Å². The maximum Gasteiger partial charge on any atom is 0.312 e. The average molecular weight is 477 g/mol. The van der Waals surface area contributed by atoms with Crippen LogP contribution < -0.4 is 0 Å². The molecule has 0 amide bonds. The summed E-state index contributed by atoms with van der Waals surface area (Å²) in [6.45, 7) is 4.16. The monoisotopic (exact) mass is 476 g/mol. The highest BCUT2D eigenvalue weighted by atomic mass is 35.5. The van der Waals surface area contributed by atoms with Crippen LogP contribution >= 0.6 is 11.6 Å². The van der Waals surface area contributed by atoms with Gasteiger partial charge in [-0.2, -0.15) is 0 Å². The van der Waals surface area contributed by atoms with Gasteiger partial charge in [-0.05, 0) is 62.2 Å². The van der Waals surface area contributed by atoms with Crippen molar-refractivity contribution in [1.29, 1.82) is 0 Å². The van der Waals surface area contributed by atoms with Gasteiger partial charge in [-0.1, -0.05) is 23.1 Å². The molecule has 0 saturated heterocycles. The fraction of sp³-hybridized carbons (Fsp3) is 0.778. The Morgan fingerprint density at radius 1 is 0.844 bits per heavy atom. The summed E-state index contributed by atoms with van der Waals surface area (Å²) in [7, 11) is 0. The molecule has 0 heterocycles. The molecule has 0 aromatic heterocycles. The molecule has 0 aromatic rings. The van der Waals surface area contributed by atoms with E-state index >= 15 is 0 Å². The Morgan fingerprint density at radius 3 is 1.59 bits per heavy atom. The standard InChI is InChI=1S/C9H14ClN3O3.C9H15N3O4/c1-2-16-8(14)6-4-3-5-7(9(10)15)12-13-11;1-2-16-8(13)6-4-3-5-7(9(14)15)11-12-10/h7H,2-6H2,1H3;7H,2-6H2,1H3,(H,14,15). The van der Waals surface area contributed by atoms with Crippen LogP contribution in [0.4, 0.5) is 0 Å². The van der Waals surface area contributed by atoms with Crippen LogP contribution in [0, 0.1) is 0 Å². The van der Waals surface area contributed by atoms with E-state index in [1.54, 1.807) is 13.8 Å². The van der Waals surface area contributed by atoms with Gasteiger partial charge in [0.2, 0.25) is 5.24 Å². The van der Waals surface area contributed by atoms with Crippen LogP contribution in [-0.4, -0.2) is 53.6 Å². The van der Waals surface area contributed by atoms with E-state index in [1.165, 1.54) is 0 Å². The Morgan fingerprint density at radius 2 is 1.25 bits per heavy atom. The number of carbonyl (C=O) groups excluding carboxylic acids is 3. The summed E-state index contributed by atoms with van der Waals surface area (Å²) >= 11 is 5.22. The molecule has 0 aromatic carbocycles. The number of unbranched alkanes of at least 4 members (excludes halogenated alkanes) is 2. The molecule has 0 saturated carbocycles. The number of hydrogen-bond donors (Lipinski definition) is 1. The van der Waals surface area contributed by atoms with E-state index in [0.29, 0.717) is 51.7 Å². The van der Waals surface area contributed by atoms with Crippen LogP contribution in [0.5, 0.6) is 0 Å². The van der Waals surface area contributed by atoms with Crippen LogP contribution in [0.3, 0.4) is 0 Å². The van der Waals surface area contributed by atoms with Gasteiger partial charge in [-0.3, -0.25) is 19.2 Å². The lowest BCUT2D eigenvalue weighted by molar-refractivity contribution is -0.144. The highest BCUT2D eigenvalue weighted by Gasteiger charge is 2.15. The second-order valence-corrected chi connectivity index (χ2v) is 6.56. The first kappa shape index (κ1) is 31.2. The predicted molar refractivity (Wildman–Crippen MR) is 115 cm³/mol. The first-order valence-electron chi connectivity index (χ1n) is 10.0. The minimum Gasteiger partial charge on any atom is -0.481 e. The van der Waals surface area contributed by atoms with E-state index in [2.05, 4.69) is 20.1 Å². The van der Waals surface area contributed by atoms with E-state index in [1.807, 2.05) is 0 Å². The molecule has 0 aliphatic carbocycles. The number of carbonyl (C=O) groups is 4. The van der Waals surface area contributed by atoms with Crippen LogP contribution in [0.15, 0.2) is 10.2 Å². The van der Waals surface area contributed by atoms with Gasteiger partial charge >= 0.3 is 17.9 Å². The number of rotatable bonds is 16. The molecule has 0 fully saturated rings. The summed E-state index contributed by atoms with van der Waals surface area (Å²) in [5.74, 6) is -1.70. The SMILES string of the molecule is CCOC(=O)CCCCC(N=[N+]=[N-])C(=O)Cl.CCOC(=O)CCCCC(N=[N+]=[N-])C(=O)O. The lowest BCUT2D eigenvalue weighted by Gasteiger charge is -2.05. The molecule has 0 aliphatic rings. The maximum absolute atomic E-state index is 11.0. The molecule has 13 nitrogen and oxygen atoms in total. The van der Waals surface area contributed by atoms with Crippen molar-refractivity contribution in [2.24, 2.45) is 10.2 Å². The van der Waals surface area contributed by atoms with Gasteiger partial charge in [0.15, 0.2) is 0 Å². The molecule has 1 N–H and O–H groups in total. The van der Waals surface area contributed by atoms with E-state index in [4.69, 9.17) is 37.2 Å². The van der Waals surface area contributed by atoms with E-state index < -0.39 is 23.3 Å². The largest absolute Gasteiger partial charge is 0.481 e. The molecular weight excluding hydrogens is 448 g/mol. The molecule has 32 heavy (non-hydrogen) atoms. The molecule has 0 radical (unpaired) electrons. The number of nitrogens with zero attached hydrogens (tertiary/aromatic N) is 6. The third-order valence-corrected chi connectivity index (χ3v) is 4.01. The molecule has 0 bridgehead atoms. The predicted octanol–water partition coefficient (Wildman–Crippen LogP) is 4.43. The number of aliphatic carboxylic acids is 1. The third-order valence-electron chi connectivity index (χ3n) is 3.76. The zero-order valence-electron chi connectivity index (χ0n) is 18.2. The van der Waals surface area contributed by atoms with Crippen molar-refractivity contribution in [3.05, 3.63) is 20.9 Å². The smallest absolute Gasteiger partial charge is 0.312 e. The lowest BCUT2D eigenvalue weighted by Crippen LogP contribution is -2.16. The van der Waals surface area contributed by atoms with Crippen molar-refractivity contribution in [3.63, 3.8) is 0 Å². The van der Waals surface area contributed by atoms with Crippen molar-refractivity contribution >= 4 is 34.8 Å². The van der Waals surface area contributed by atoms with Crippen molar-refractivity contribution in [3.8, 4) is 0 Å². The second kappa shape index (κ2) is 21.2. The number of azide groups is 2. The number of hydrogen-bond acceptors (Lipinski definition) is 8. The number of carboxylic acids is 1. The molecule has 180 valence electrons. The Kier molecular flexibility index (Phi) is 20.7. The van der Waals surface area contributed by atoms with Crippen LogP contribution in [0.1, 0.15) is 65.2 Å². The van der Waals surface area contributed by atoms with Gasteiger partial charge in [0.1, 0.15) is 12.1 Å². The van der Waals surface area contributed by atoms with Gasteiger partial charge < -0.3 is 14.6 Å². The van der Waals surface area contributed by atoms with Crippen LogP contribution in [0.2, 0.25) is 0 Å². The molecule has 0 spiro atoms. The second-order valence-electron chi connectivity index (χ2n) is 6.19. The Balaban J connectivity index is 0. The van der Waals surface area contributed by atoms with Crippen molar-refractivity contribution in [2.45, 2.75) is 77.3 Å². The first-order valence-corrected chi connectivity index (χ1v) is 10.4. The Bertz CT molecular complexity index is 631. The summed E-state index contributed by atoms with van der Waals surface area (Å²) in [5, 5.41) is 14.4. The number of esters is 2. The normalized spacial score (nSPS) is 11.3. The summed E-state index contributed by atoms with van der Waals surface area (Å²) in [6.07, 6.45) is 3.36. The summed E-state index contributed by atoms with van der Waals surface area (Å²) < 4.78 is 9.44. The molecule has 2 atom stereocenters. The van der Waals surface area contributed by atoms with E-state index in [0.717, 1.165) is 0 Å². The highest BCUT2D eigenvalue weighted by Crippen LogP contribution is 2.10. The average Bonchev–Trinajstić information content (AvgIpc) is 2.73. The minimum atomic E-state index is -1.14. The quantitative estimate of drug-likeness (QED) is 0.0845. The van der Waals surface area contributed by atoms with Gasteiger partial charge in [-0.25, -0.2) is 0 Å². The summed E-state index contributed by atoms with van der Waals surface area (Å²) in [4.78, 5) is 48.2. The first-order chi connectivity index (χ1) is 15.2. The van der Waals surface area contributed by atoms with Crippen LogP contribution in [-0.2, 0) is 28.7 Å². The van der Waals surface area contributed by atoms with Crippen molar-refractivity contribution in [2.75, 3.05) is 13.2 Å². The van der Waals surface area contributed by atoms with Gasteiger partial charge in [0, 0.05) is 22.7 Å². The van der Waals surface area contributed by atoms with Gasteiger partial charge in [0.25, 0.3) is 0 Å². The zero-order valence-corrected chi connectivity index (χ0v) is 18.9. The maximum atomic E-state index is 11.0. The topological polar surface area (TPSA) is 204 Å². The Labute approximate surface area is 190 Å². The van der Waals surface area contributed by atoms with E-state index in [9.17, 15) is 19.2 Å². The fourth-order valence-corrected chi connectivity index (χ4v) is 2.40. The third kappa shape index (κ3) is 19.0. The summed E-state index contributed by atoms with van der Waals surface area (Å²) in [6, 6.07) is -1.89. The van der Waals surface area contributed by atoms with Gasteiger partial charge in [-0.15, -0.1) is 0 Å². The molecular formula is C18H29ClN6O7. The fourth-order valence-electron chi connectivity index (χ4n) is 2.25. The van der Waals surface area contributed by atoms with Crippen LogP contribution in [0.25, 0.3) is 20.9 Å². The number of halogens is 1. The number of ether oxygens (including phenoxy) is 2. The van der Waals surface area contributed by atoms with Gasteiger partial charge in [0.05, 0.1) is 13.2 Å². The van der Waals surface area contributed by atoms with Crippen molar-refractivity contribution < 1.29 is 33.8 Å². The molecule has 0 rings (SSSR count). The van der Waals surface area contributed by atoms with E-state index in [-0.39, 0.29) is 24.8 Å². The lowest BCUT2D eigenvalue weighted by atomic mass is 10.1. The minimum absolute atomic E-state index is 0.235. The Hall–Kier alpha value is -3.01. The highest BCUT2D eigenvalue weighted by molar-refractivity contribution is 6.64. The molecule has 2 unspecified atom stereocenters. The number of carboxylic acid groups (broad SMARTS) is 1. The molecule has 0 aliphatic heterocycles.